The smallest absolute Gasteiger partial charge is 0.0936 e. The van der Waals surface area contributed by atoms with Crippen molar-refractivity contribution in [3.05, 3.63) is 23.8 Å². The second-order valence-corrected chi connectivity index (χ2v) is 24.8. The van der Waals surface area contributed by atoms with E-state index in [2.05, 4.69) is 87.3 Å². The van der Waals surface area contributed by atoms with Gasteiger partial charge in [-0.1, -0.05) is 171 Å². The largest absolute Gasteiger partial charge is 0.379 e. The average molecular weight is 1010 g/mol. The van der Waals surface area contributed by atoms with Gasteiger partial charge in [0.1, 0.15) is 0 Å². The molecule has 6 heteroatoms. The summed E-state index contributed by atoms with van der Waals surface area (Å²) in [5.41, 5.74) is 2.59. The van der Waals surface area contributed by atoms with Gasteiger partial charge in [0.25, 0.3) is 0 Å². The first-order valence-electron chi connectivity index (χ1n) is 28.2. The van der Waals surface area contributed by atoms with Crippen LogP contribution >= 0.6 is 22.6 Å². The molecule has 1 heterocycles. The average Bonchev–Trinajstić information content (AvgIpc) is 3.38. The van der Waals surface area contributed by atoms with Crippen LogP contribution in [-0.2, 0) is 18.9 Å². The van der Waals surface area contributed by atoms with E-state index in [1.165, 1.54) is 186 Å². The second-order valence-electron chi connectivity index (χ2n) is 22.9. The highest BCUT2D eigenvalue weighted by Gasteiger charge is 2.64. The normalized spacial score (nSPS) is 30.8. The summed E-state index contributed by atoms with van der Waals surface area (Å²) in [5.74, 6) is 4.27. The minimum Gasteiger partial charge on any atom is -0.379 e. The van der Waals surface area contributed by atoms with Gasteiger partial charge in [-0.2, -0.15) is 0 Å². The lowest BCUT2D eigenvalue weighted by Gasteiger charge is -2.60. The van der Waals surface area contributed by atoms with Crippen molar-refractivity contribution in [2.24, 2.45) is 40.4 Å². The fourth-order valence-corrected chi connectivity index (χ4v) is 15.0. The van der Waals surface area contributed by atoms with Crippen LogP contribution < -0.4 is 0 Å². The minimum atomic E-state index is 0.116. The standard InChI is InChI=1S/C58H104INO4/c1-7-8-9-10-11-12-13-14-15-16-17-18-19-20-23-26-40-62-47-52(46-60-38-24-21-22-25-39-60)64-44-42-61-41-43-63-51-32-35-56(5)50(45-51)30-31-53-54(56)33-36-57(6)55(53)34-37-58(57,59)49(4)29-27-28-48(2)3/h14-15,30,48-49,51-55H,7-13,16-29,31-47H2,1-6H3/b15-14-/t49?,51-,52?,53?,54-,55-,56-,57-,58?/m0/s1. The summed E-state index contributed by atoms with van der Waals surface area (Å²) >= 11 is 3.00. The molecule has 3 saturated carbocycles. The SMILES string of the molecule is CCCCCCCC/C=C\CCCCCCCCOCC(CN1CCCCCC1)OCCOCCO[C@H]1CC[C@@]2(C)C(=CCC3[C@@H]2CC[C@@]2(C)[C@H]3CCC2(I)C(C)CCCC(C)C)C1. The molecule has 4 fully saturated rings. The Morgan fingerprint density at radius 1 is 0.703 bits per heavy atom. The Morgan fingerprint density at radius 3 is 2.09 bits per heavy atom. The van der Waals surface area contributed by atoms with E-state index in [-0.39, 0.29) is 6.10 Å². The minimum absolute atomic E-state index is 0.116. The predicted octanol–water partition coefficient (Wildman–Crippen LogP) is 16.3. The maximum Gasteiger partial charge on any atom is 0.0936 e. The predicted molar refractivity (Wildman–Crippen MR) is 282 cm³/mol. The van der Waals surface area contributed by atoms with Gasteiger partial charge in [-0.15, -0.1) is 0 Å². The molecule has 9 atom stereocenters. The Bertz CT molecular complexity index is 1300. The number of hydrogen-bond acceptors (Lipinski definition) is 5. The van der Waals surface area contributed by atoms with Gasteiger partial charge in [-0.05, 0) is 156 Å². The van der Waals surface area contributed by atoms with Gasteiger partial charge in [0.05, 0.1) is 45.2 Å². The van der Waals surface area contributed by atoms with E-state index in [0.717, 1.165) is 55.6 Å². The Kier molecular flexibility index (Phi) is 25.7. The van der Waals surface area contributed by atoms with E-state index in [9.17, 15) is 0 Å². The highest BCUT2D eigenvalue weighted by molar-refractivity contribution is 14.1. The summed E-state index contributed by atoms with van der Waals surface area (Å²) in [6.45, 7) is 22.6. The summed E-state index contributed by atoms with van der Waals surface area (Å²) in [4.78, 5) is 2.61. The second kappa shape index (κ2) is 29.9. The van der Waals surface area contributed by atoms with Gasteiger partial charge in [0.15, 0.2) is 0 Å². The van der Waals surface area contributed by atoms with Crippen LogP contribution in [0, 0.1) is 40.4 Å². The Morgan fingerprint density at radius 2 is 1.38 bits per heavy atom. The van der Waals surface area contributed by atoms with Crippen LogP contribution in [0.15, 0.2) is 23.8 Å². The fraction of sp³-hybridized carbons (Fsp3) is 0.931. The molecule has 372 valence electrons. The molecule has 4 aliphatic carbocycles. The molecule has 0 amide bonds. The van der Waals surface area contributed by atoms with Crippen LogP contribution in [0.3, 0.4) is 0 Å². The molecular formula is C58H104INO4. The number of rotatable bonds is 33. The molecule has 1 aliphatic heterocycles. The molecule has 0 bridgehead atoms. The molecule has 64 heavy (non-hydrogen) atoms. The zero-order valence-electron chi connectivity index (χ0n) is 43.1. The molecule has 4 unspecified atom stereocenters. The molecule has 5 aliphatic rings. The lowest BCUT2D eigenvalue weighted by atomic mass is 9.47. The zero-order chi connectivity index (χ0) is 45.5. The third-order valence-corrected chi connectivity index (χ3v) is 20.7. The van der Waals surface area contributed by atoms with Gasteiger partial charge < -0.3 is 23.8 Å². The number of fused-ring (bicyclic) bond motifs is 5. The third-order valence-electron chi connectivity index (χ3n) is 17.8. The van der Waals surface area contributed by atoms with Crippen LogP contribution in [-0.4, -0.2) is 79.8 Å². The number of halogens is 1. The lowest BCUT2D eigenvalue weighted by molar-refractivity contribution is -0.0699. The number of nitrogens with zero attached hydrogens (tertiary/aromatic N) is 1. The first kappa shape index (κ1) is 54.9. The summed E-state index contributed by atoms with van der Waals surface area (Å²) in [5, 5.41) is 0. The van der Waals surface area contributed by atoms with E-state index < -0.39 is 0 Å². The quantitative estimate of drug-likeness (QED) is 0.0284. The molecule has 0 spiro atoms. The van der Waals surface area contributed by atoms with E-state index in [0.29, 0.717) is 53.4 Å². The number of unbranched alkanes of at least 4 members (excludes halogenated alkanes) is 12. The topological polar surface area (TPSA) is 40.2 Å². The van der Waals surface area contributed by atoms with Crippen molar-refractivity contribution in [3.63, 3.8) is 0 Å². The van der Waals surface area contributed by atoms with E-state index in [4.69, 9.17) is 18.9 Å². The summed E-state index contributed by atoms with van der Waals surface area (Å²) in [7, 11) is 0. The highest BCUT2D eigenvalue weighted by Crippen LogP contribution is 2.71. The van der Waals surface area contributed by atoms with Crippen molar-refractivity contribution < 1.29 is 18.9 Å². The number of hydrogen-bond donors (Lipinski definition) is 0. The first-order valence-corrected chi connectivity index (χ1v) is 29.3. The molecule has 5 rings (SSSR count). The lowest BCUT2D eigenvalue weighted by Crippen LogP contribution is -2.54. The monoisotopic (exact) mass is 1010 g/mol. The van der Waals surface area contributed by atoms with Crippen molar-refractivity contribution in [1.29, 1.82) is 0 Å². The van der Waals surface area contributed by atoms with Gasteiger partial charge in [0.2, 0.25) is 0 Å². The number of alkyl halides is 1. The van der Waals surface area contributed by atoms with Crippen molar-refractivity contribution in [2.75, 3.05) is 59.3 Å². The Labute approximate surface area is 411 Å². The zero-order valence-corrected chi connectivity index (χ0v) is 45.3. The molecule has 0 N–H and O–H groups in total. The third kappa shape index (κ3) is 16.9. The maximum atomic E-state index is 6.55. The molecular weight excluding hydrogens is 902 g/mol. The number of allylic oxidation sites excluding steroid dienone is 3. The molecule has 0 aromatic rings. The van der Waals surface area contributed by atoms with Gasteiger partial charge in [0, 0.05) is 16.6 Å². The Balaban J connectivity index is 0.929. The van der Waals surface area contributed by atoms with Crippen molar-refractivity contribution >= 4 is 22.6 Å². The number of likely N-dealkylation sites (tertiary alicyclic amines) is 1. The highest BCUT2D eigenvalue weighted by atomic mass is 127. The van der Waals surface area contributed by atoms with Gasteiger partial charge in [-0.25, -0.2) is 0 Å². The van der Waals surface area contributed by atoms with Crippen LogP contribution in [0.25, 0.3) is 0 Å². The summed E-state index contributed by atoms with van der Waals surface area (Å²) in [6, 6.07) is 0. The molecule has 0 radical (unpaired) electrons. The van der Waals surface area contributed by atoms with Crippen molar-refractivity contribution in [3.8, 4) is 0 Å². The Hall–Kier alpha value is 0.0100. The van der Waals surface area contributed by atoms with Crippen LogP contribution in [0.2, 0.25) is 0 Å². The summed E-state index contributed by atoms with van der Waals surface area (Å²) < 4.78 is 25.8. The van der Waals surface area contributed by atoms with E-state index >= 15 is 0 Å². The van der Waals surface area contributed by atoms with E-state index in [1.54, 1.807) is 5.57 Å². The van der Waals surface area contributed by atoms with Gasteiger partial charge >= 0.3 is 0 Å². The number of ether oxygens (including phenoxy) is 4. The van der Waals surface area contributed by atoms with Crippen LogP contribution in [0.5, 0.6) is 0 Å². The maximum absolute atomic E-state index is 6.55. The van der Waals surface area contributed by atoms with Crippen molar-refractivity contribution in [1.82, 2.24) is 4.90 Å². The van der Waals surface area contributed by atoms with Crippen LogP contribution in [0.4, 0.5) is 0 Å². The van der Waals surface area contributed by atoms with E-state index in [1.807, 2.05) is 0 Å². The van der Waals surface area contributed by atoms with Crippen molar-refractivity contribution in [2.45, 2.75) is 243 Å². The fourth-order valence-electron chi connectivity index (χ4n) is 13.7. The van der Waals surface area contributed by atoms with Crippen LogP contribution in [0.1, 0.15) is 228 Å². The molecule has 0 aromatic heterocycles. The summed E-state index contributed by atoms with van der Waals surface area (Å²) in [6.07, 6.45) is 47.0. The van der Waals surface area contributed by atoms with Gasteiger partial charge in [-0.3, -0.25) is 0 Å². The molecule has 1 saturated heterocycles. The molecule has 5 nitrogen and oxygen atoms in total. The molecule has 0 aromatic carbocycles. The first-order chi connectivity index (χ1) is 31.1.